The molecule has 0 saturated heterocycles. The zero-order valence-electron chi connectivity index (χ0n) is 7.00. The average molecular weight is 156 g/mol. The zero-order chi connectivity index (χ0) is 8.69. The molecule has 0 aliphatic carbocycles. The Morgan fingerprint density at radius 3 is 2.64 bits per heavy atom. The number of hydrogen-bond donors (Lipinski definition) is 0. The second-order valence-electron chi connectivity index (χ2n) is 1.79. The lowest BCUT2D eigenvalue weighted by molar-refractivity contribution is -0.136. The minimum Gasteiger partial charge on any atom is -0.464 e. The molecule has 4 nitrogen and oxygen atoms in total. The quantitative estimate of drug-likeness (QED) is 0.353. The van der Waals surface area contributed by atoms with E-state index in [9.17, 15) is 4.79 Å². The molecule has 11 heavy (non-hydrogen) atoms. The predicted molar refractivity (Wildman–Crippen MR) is 41.2 cm³/mol. The number of esters is 1. The highest BCUT2D eigenvalue weighted by atomic mass is 16.5. The van der Waals surface area contributed by atoms with Crippen LogP contribution in [0.25, 0.3) is 0 Å². The first-order valence-electron chi connectivity index (χ1n) is 3.34. The van der Waals surface area contributed by atoms with Gasteiger partial charge in [-0.05, 0) is 12.5 Å². The van der Waals surface area contributed by atoms with Gasteiger partial charge in [0.05, 0.1) is 7.11 Å². The second-order valence-corrected chi connectivity index (χ2v) is 1.79. The maximum Gasteiger partial charge on any atom is 0.358 e. The summed E-state index contributed by atoms with van der Waals surface area (Å²) in [6.07, 6.45) is 2.41. The van der Waals surface area contributed by atoms with Crippen LogP contribution in [0.4, 0.5) is 0 Å². The molecule has 0 radical (unpaired) electrons. The number of carbonyl (C=O) groups excluding carboxylic acids is 1. The van der Waals surface area contributed by atoms with Crippen molar-refractivity contribution in [3.63, 3.8) is 0 Å². The Morgan fingerprint density at radius 1 is 1.64 bits per heavy atom. The van der Waals surface area contributed by atoms with Gasteiger partial charge in [0.2, 0.25) is 0 Å². The van der Waals surface area contributed by atoms with E-state index in [0.29, 0.717) is 0 Å². The first-order valence-corrected chi connectivity index (χ1v) is 3.34. The number of nitrogens with zero attached hydrogens (tertiary/aromatic N) is 2. The Morgan fingerprint density at radius 2 is 2.27 bits per heavy atom. The number of azo groups is 1. The largest absolute Gasteiger partial charge is 0.464 e. The van der Waals surface area contributed by atoms with Gasteiger partial charge in [0.1, 0.15) is 0 Å². The van der Waals surface area contributed by atoms with Crippen molar-refractivity contribution in [2.24, 2.45) is 10.2 Å². The molecule has 0 N–H and O–H groups in total. The van der Waals surface area contributed by atoms with E-state index in [-0.39, 0.29) is 5.70 Å². The summed E-state index contributed by atoms with van der Waals surface area (Å²) in [7, 11) is 2.82. The van der Waals surface area contributed by atoms with Crippen LogP contribution >= 0.6 is 0 Å². The van der Waals surface area contributed by atoms with Gasteiger partial charge in [0.15, 0.2) is 5.70 Å². The molecule has 0 atom stereocenters. The molecule has 0 saturated carbocycles. The third-order valence-corrected chi connectivity index (χ3v) is 1.000. The van der Waals surface area contributed by atoms with Crippen molar-refractivity contribution in [1.29, 1.82) is 0 Å². The summed E-state index contributed by atoms with van der Waals surface area (Å²) in [4.78, 5) is 10.8. The normalized spacial score (nSPS) is 12.1. The summed E-state index contributed by atoms with van der Waals surface area (Å²) in [5, 5.41) is 7.08. The lowest BCUT2D eigenvalue weighted by Gasteiger charge is -1.95. The number of allylic oxidation sites excluding steroid dienone is 1. The SMILES string of the molecule is CC/C=C(\N=N/C)C(=O)OC. The van der Waals surface area contributed by atoms with Crippen LogP contribution in [0.5, 0.6) is 0 Å². The highest BCUT2D eigenvalue weighted by molar-refractivity contribution is 5.87. The van der Waals surface area contributed by atoms with Gasteiger partial charge in [-0.3, -0.25) is 0 Å². The van der Waals surface area contributed by atoms with Crippen LogP contribution in [0.2, 0.25) is 0 Å². The minimum absolute atomic E-state index is 0.262. The molecule has 0 amide bonds. The highest BCUT2D eigenvalue weighted by Crippen LogP contribution is 2.01. The Bertz CT molecular complexity index is 185. The number of ether oxygens (including phenoxy) is 1. The molecule has 0 aromatic rings. The monoisotopic (exact) mass is 156 g/mol. The van der Waals surface area contributed by atoms with E-state index in [1.807, 2.05) is 6.92 Å². The smallest absolute Gasteiger partial charge is 0.358 e. The van der Waals surface area contributed by atoms with Gasteiger partial charge in [-0.1, -0.05) is 6.92 Å². The summed E-state index contributed by atoms with van der Waals surface area (Å²) < 4.78 is 4.46. The van der Waals surface area contributed by atoms with Crippen molar-refractivity contribution < 1.29 is 9.53 Å². The Labute approximate surface area is 66.0 Å². The maximum atomic E-state index is 10.8. The van der Waals surface area contributed by atoms with E-state index >= 15 is 0 Å². The topological polar surface area (TPSA) is 51.0 Å². The molecule has 0 unspecified atom stereocenters. The molecule has 0 spiro atoms. The van der Waals surface area contributed by atoms with Crippen molar-refractivity contribution in [3.05, 3.63) is 11.8 Å². The lowest BCUT2D eigenvalue weighted by Crippen LogP contribution is -2.01. The fourth-order valence-corrected chi connectivity index (χ4v) is 0.571. The highest BCUT2D eigenvalue weighted by Gasteiger charge is 2.05. The summed E-state index contributed by atoms with van der Waals surface area (Å²) >= 11 is 0. The number of methoxy groups -OCH3 is 1. The molecular formula is C7H12N2O2. The number of hydrogen-bond acceptors (Lipinski definition) is 4. The number of carbonyl (C=O) groups is 1. The molecule has 0 heterocycles. The first kappa shape index (κ1) is 9.81. The molecule has 0 rings (SSSR count). The Balaban J connectivity index is 4.34. The van der Waals surface area contributed by atoms with Crippen LogP contribution in [0.15, 0.2) is 22.0 Å². The van der Waals surface area contributed by atoms with Crippen molar-refractivity contribution in [2.75, 3.05) is 14.2 Å². The molecule has 62 valence electrons. The third-order valence-electron chi connectivity index (χ3n) is 1.000. The van der Waals surface area contributed by atoms with Crippen LogP contribution < -0.4 is 0 Å². The van der Waals surface area contributed by atoms with E-state index in [0.717, 1.165) is 6.42 Å². The van der Waals surface area contributed by atoms with E-state index < -0.39 is 5.97 Å². The molecule has 0 aromatic heterocycles. The van der Waals surface area contributed by atoms with E-state index in [4.69, 9.17) is 0 Å². The van der Waals surface area contributed by atoms with E-state index in [2.05, 4.69) is 15.0 Å². The molecule has 0 aliphatic heterocycles. The van der Waals surface area contributed by atoms with Crippen molar-refractivity contribution in [2.45, 2.75) is 13.3 Å². The van der Waals surface area contributed by atoms with Crippen LogP contribution in [0.3, 0.4) is 0 Å². The van der Waals surface area contributed by atoms with Gasteiger partial charge < -0.3 is 4.74 Å². The minimum atomic E-state index is -0.447. The van der Waals surface area contributed by atoms with Crippen molar-refractivity contribution in [3.8, 4) is 0 Å². The summed E-state index contributed by atoms with van der Waals surface area (Å²) in [5.74, 6) is -0.447. The van der Waals surface area contributed by atoms with Gasteiger partial charge in [-0.2, -0.15) is 5.11 Å². The van der Waals surface area contributed by atoms with Gasteiger partial charge in [0.25, 0.3) is 0 Å². The second kappa shape index (κ2) is 5.58. The fourth-order valence-electron chi connectivity index (χ4n) is 0.571. The number of rotatable bonds is 3. The summed E-state index contributed by atoms with van der Waals surface area (Å²) in [6, 6.07) is 0. The Kier molecular flexibility index (Phi) is 4.98. The summed E-state index contributed by atoms with van der Waals surface area (Å²) in [5.41, 5.74) is 0.262. The average Bonchev–Trinajstić information content (AvgIpc) is 2.03. The molecule has 0 bridgehead atoms. The maximum absolute atomic E-state index is 10.8. The molecule has 0 aliphatic rings. The zero-order valence-corrected chi connectivity index (χ0v) is 7.00. The van der Waals surface area contributed by atoms with Crippen LogP contribution in [0.1, 0.15) is 13.3 Å². The van der Waals surface area contributed by atoms with Gasteiger partial charge >= 0.3 is 5.97 Å². The molecule has 0 aromatic carbocycles. The fraction of sp³-hybridized carbons (Fsp3) is 0.571. The van der Waals surface area contributed by atoms with Crippen molar-refractivity contribution in [1.82, 2.24) is 0 Å². The molecular weight excluding hydrogens is 144 g/mol. The van der Waals surface area contributed by atoms with Gasteiger partial charge in [-0.25, -0.2) is 4.79 Å². The standard InChI is InChI=1S/C7H12N2O2/c1-4-5-6(9-8-2)7(10)11-3/h5H,4H2,1-3H3/b6-5-,9-8-. The third kappa shape index (κ3) is 3.50. The summed E-state index contributed by atoms with van der Waals surface area (Å²) in [6.45, 7) is 1.91. The lowest BCUT2D eigenvalue weighted by atomic mass is 10.3. The Hall–Kier alpha value is -1.19. The van der Waals surface area contributed by atoms with Crippen LogP contribution in [-0.2, 0) is 9.53 Å². The molecule has 4 heteroatoms. The van der Waals surface area contributed by atoms with Crippen LogP contribution in [0, 0.1) is 0 Å². The molecule has 0 fully saturated rings. The van der Waals surface area contributed by atoms with Gasteiger partial charge in [0, 0.05) is 7.05 Å². The van der Waals surface area contributed by atoms with E-state index in [1.54, 1.807) is 6.08 Å². The van der Waals surface area contributed by atoms with E-state index in [1.165, 1.54) is 14.2 Å². The predicted octanol–water partition coefficient (Wildman–Crippen LogP) is 1.54. The van der Waals surface area contributed by atoms with Gasteiger partial charge in [-0.15, -0.1) is 5.11 Å². The van der Waals surface area contributed by atoms with Crippen LogP contribution in [-0.4, -0.2) is 20.1 Å². The van der Waals surface area contributed by atoms with Crippen molar-refractivity contribution >= 4 is 5.97 Å². The first-order chi connectivity index (χ1) is 5.26.